The molecule has 300 valence electrons. The first-order chi connectivity index (χ1) is 27.9. The maximum atomic E-state index is 14.2. The summed E-state index contributed by atoms with van der Waals surface area (Å²) in [7, 11) is 0. The molecule has 5 heterocycles. The average Bonchev–Trinajstić information content (AvgIpc) is 3.21. The minimum Gasteiger partial charge on any atom is -0.371 e. The van der Waals surface area contributed by atoms with Gasteiger partial charge < -0.3 is 20.4 Å². The highest BCUT2D eigenvalue weighted by Crippen LogP contribution is 2.34. The fourth-order valence-corrected chi connectivity index (χ4v) is 7.84. The minimum atomic E-state index is -4.86. The Hall–Kier alpha value is -5.24. The Kier molecular flexibility index (Phi) is 12.5. The number of nitrogens with one attached hydrogen (secondary N) is 2. The average molecular weight is 853 g/mol. The van der Waals surface area contributed by atoms with Crippen molar-refractivity contribution in [3.8, 4) is 0 Å². The molecular weight excluding hydrogens is 817 g/mol. The molecule has 2 N–H and O–H groups in total. The van der Waals surface area contributed by atoms with E-state index >= 15 is 0 Å². The molecule has 58 heavy (non-hydrogen) atoms. The van der Waals surface area contributed by atoms with E-state index in [4.69, 9.17) is 34.8 Å². The molecule has 16 heteroatoms. The highest BCUT2D eigenvalue weighted by Gasteiger charge is 2.36. The van der Waals surface area contributed by atoms with Crippen LogP contribution in [-0.2, 0) is 6.18 Å². The van der Waals surface area contributed by atoms with Crippen LogP contribution in [0.2, 0.25) is 15.2 Å². The molecule has 3 aromatic carbocycles. The van der Waals surface area contributed by atoms with Crippen molar-refractivity contribution in [3.63, 3.8) is 0 Å². The van der Waals surface area contributed by atoms with E-state index in [2.05, 4.69) is 35.4 Å². The van der Waals surface area contributed by atoms with E-state index in [1.165, 1.54) is 0 Å². The van der Waals surface area contributed by atoms with E-state index in [0.717, 1.165) is 71.2 Å². The lowest BCUT2D eigenvalue weighted by atomic mass is 10.0. The maximum absolute atomic E-state index is 14.2. The normalized spacial score (nSPS) is 15.2. The molecule has 0 radical (unpaired) electrons. The predicted molar refractivity (Wildman–Crippen MR) is 220 cm³/mol. The molecule has 2 fully saturated rings. The number of anilines is 2. The summed E-state index contributed by atoms with van der Waals surface area (Å²) < 4.78 is 52.9. The van der Waals surface area contributed by atoms with E-state index in [-0.39, 0.29) is 23.1 Å². The number of halogens is 7. The molecular formula is C42H36Cl3F4N7O2. The van der Waals surface area contributed by atoms with Crippen molar-refractivity contribution in [1.82, 2.24) is 25.6 Å². The van der Waals surface area contributed by atoms with Crippen molar-refractivity contribution in [2.24, 2.45) is 0 Å². The van der Waals surface area contributed by atoms with Crippen LogP contribution in [0, 0.1) is 5.82 Å². The number of nitrogens with zero attached hydrogens (tertiary/aromatic N) is 5. The third-order valence-corrected chi connectivity index (χ3v) is 11.0. The number of pyridine rings is 3. The third kappa shape index (κ3) is 9.38. The van der Waals surface area contributed by atoms with Crippen LogP contribution in [0.1, 0.15) is 52.0 Å². The Bertz CT molecular complexity index is 2460. The number of carbonyl (C=O) groups excluding carboxylic acids is 2. The number of aromatic nitrogens is 3. The molecule has 8 rings (SSSR count). The summed E-state index contributed by atoms with van der Waals surface area (Å²) in [5.41, 5.74) is 2.18. The smallest absolute Gasteiger partial charge is 0.371 e. The highest BCUT2D eigenvalue weighted by molar-refractivity contribution is 6.32. The van der Waals surface area contributed by atoms with Crippen LogP contribution in [0.15, 0.2) is 97.5 Å². The van der Waals surface area contributed by atoms with Gasteiger partial charge in [-0.1, -0.05) is 40.9 Å². The molecule has 9 nitrogen and oxygen atoms in total. The monoisotopic (exact) mass is 851 g/mol. The fraction of sp³-hybridized carbons (Fsp3) is 0.262. The molecule has 0 atom stereocenters. The molecule has 0 spiro atoms. The van der Waals surface area contributed by atoms with Gasteiger partial charge in [-0.2, -0.15) is 13.2 Å². The number of hydrogen-bond donors (Lipinski definition) is 2. The van der Waals surface area contributed by atoms with Gasteiger partial charge >= 0.3 is 6.18 Å². The number of hydrogen-bond acceptors (Lipinski definition) is 7. The van der Waals surface area contributed by atoms with Crippen molar-refractivity contribution in [2.45, 2.75) is 43.9 Å². The second kappa shape index (κ2) is 17.7. The van der Waals surface area contributed by atoms with Crippen molar-refractivity contribution >= 4 is 79.8 Å². The van der Waals surface area contributed by atoms with Crippen molar-refractivity contribution < 1.29 is 27.2 Å². The fourth-order valence-electron chi connectivity index (χ4n) is 7.30. The Morgan fingerprint density at radius 3 is 1.59 bits per heavy atom. The topological polar surface area (TPSA) is 103 Å². The van der Waals surface area contributed by atoms with Gasteiger partial charge in [0.25, 0.3) is 11.8 Å². The number of amides is 2. The molecule has 2 amide bonds. The highest BCUT2D eigenvalue weighted by atomic mass is 35.5. The molecule has 6 aromatic rings. The Labute approximate surface area is 346 Å². The molecule has 0 bridgehead atoms. The number of fused-ring (bicyclic) bond motifs is 2. The molecule has 0 saturated carbocycles. The number of piperidine rings is 2. The molecule has 2 aliphatic heterocycles. The van der Waals surface area contributed by atoms with Crippen LogP contribution in [0.3, 0.4) is 0 Å². The largest absolute Gasteiger partial charge is 0.419 e. The standard InChI is InChI=1S/C22H18ClF4N3O.C20H18Cl2N4O/c23-13-4-5-15-18(12-13)28-9-6-19(15)30-10-7-14(8-11-30)29-21(31)16-2-1-3-17(20(16)24)22(25,26)27;21-13-3-4-15-17(12-13)23-9-5-18(15)26-10-6-14(7-11-26)25-20(27)16-2-1-8-24-19(16)22/h1-6,9,12,14H,7-8,10-11H2,(H,29,31);1-5,8-9,12,14H,6-7,10-11H2,(H,25,27). The first kappa shape index (κ1) is 40.9. The Morgan fingerprint density at radius 1 is 0.621 bits per heavy atom. The van der Waals surface area contributed by atoms with Gasteiger partial charge in [0.2, 0.25) is 0 Å². The first-order valence-electron chi connectivity index (χ1n) is 18.5. The van der Waals surface area contributed by atoms with Gasteiger partial charge in [-0.3, -0.25) is 19.6 Å². The molecule has 2 aliphatic rings. The van der Waals surface area contributed by atoms with Gasteiger partial charge in [0, 0.05) is 89.0 Å². The lowest BCUT2D eigenvalue weighted by molar-refractivity contribution is -0.140. The SMILES string of the molecule is O=C(NC1CCN(c2ccnc3cc(Cl)ccc23)CC1)c1cccc(C(F)(F)F)c1F.O=C(NC1CCN(c2ccnc3cc(Cl)ccc23)CC1)c1cccnc1Cl. The summed E-state index contributed by atoms with van der Waals surface area (Å²) in [6.45, 7) is 2.95. The number of rotatable bonds is 6. The molecule has 3 aromatic heterocycles. The molecule has 2 saturated heterocycles. The second-order valence-corrected chi connectivity index (χ2v) is 15.2. The Morgan fingerprint density at radius 2 is 1.10 bits per heavy atom. The van der Waals surface area contributed by atoms with E-state index in [9.17, 15) is 27.2 Å². The summed E-state index contributed by atoms with van der Waals surface area (Å²) >= 11 is 18.1. The van der Waals surface area contributed by atoms with Crippen molar-refractivity contribution in [2.75, 3.05) is 36.0 Å². The molecule has 0 unspecified atom stereocenters. The van der Waals surface area contributed by atoms with E-state index in [0.29, 0.717) is 47.6 Å². The summed E-state index contributed by atoms with van der Waals surface area (Å²) in [6.07, 6.45) is 3.10. The summed E-state index contributed by atoms with van der Waals surface area (Å²) in [4.78, 5) is 42.0. The minimum absolute atomic E-state index is 0.118. The molecule has 0 aliphatic carbocycles. The zero-order valence-corrected chi connectivity index (χ0v) is 33.0. The van der Waals surface area contributed by atoms with Gasteiger partial charge in [-0.15, -0.1) is 0 Å². The van der Waals surface area contributed by atoms with E-state index in [1.807, 2.05) is 42.6 Å². The third-order valence-electron chi connectivity index (χ3n) is 10.3. The van der Waals surface area contributed by atoms with E-state index in [1.54, 1.807) is 36.7 Å². The summed E-state index contributed by atoms with van der Waals surface area (Å²) in [5, 5.41) is 9.30. The van der Waals surface area contributed by atoms with Crippen LogP contribution < -0.4 is 20.4 Å². The number of benzene rings is 3. The maximum Gasteiger partial charge on any atom is 0.419 e. The van der Waals surface area contributed by atoms with Crippen LogP contribution in [0.5, 0.6) is 0 Å². The van der Waals surface area contributed by atoms with Crippen LogP contribution in [-0.4, -0.2) is 65.0 Å². The number of alkyl halides is 3. The second-order valence-electron chi connectivity index (χ2n) is 14.0. The van der Waals surface area contributed by atoms with E-state index < -0.39 is 29.0 Å². The van der Waals surface area contributed by atoms with Gasteiger partial charge in [-0.05, 0) is 98.5 Å². The zero-order valence-electron chi connectivity index (χ0n) is 30.7. The van der Waals surface area contributed by atoms with Crippen molar-refractivity contribution in [3.05, 3.63) is 135 Å². The first-order valence-corrected chi connectivity index (χ1v) is 19.7. The quantitative estimate of drug-likeness (QED) is 0.127. The van der Waals surface area contributed by atoms with Crippen molar-refractivity contribution in [1.29, 1.82) is 0 Å². The lowest BCUT2D eigenvalue weighted by Crippen LogP contribution is -2.45. The lowest BCUT2D eigenvalue weighted by Gasteiger charge is -2.34. The van der Waals surface area contributed by atoms with Crippen LogP contribution >= 0.6 is 34.8 Å². The van der Waals surface area contributed by atoms with Gasteiger partial charge in [-0.25, -0.2) is 9.37 Å². The predicted octanol–water partition coefficient (Wildman–Crippen LogP) is 9.78. The summed E-state index contributed by atoms with van der Waals surface area (Å²) in [5.74, 6) is -2.56. The van der Waals surface area contributed by atoms with Gasteiger partial charge in [0.1, 0.15) is 11.0 Å². The van der Waals surface area contributed by atoms with Gasteiger partial charge in [0.05, 0.1) is 27.7 Å². The number of carbonyl (C=O) groups is 2. The van der Waals surface area contributed by atoms with Crippen LogP contribution in [0.4, 0.5) is 28.9 Å². The van der Waals surface area contributed by atoms with Gasteiger partial charge in [0.15, 0.2) is 0 Å². The van der Waals surface area contributed by atoms with Crippen LogP contribution in [0.25, 0.3) is 21.8 Å². The summed E-state index contributed by atoms with van der Waals surface area (Å²) in [6, 6.07) is 21.2. The zero-order chi connectivity index (χ0) is 41.0. The Balaban J connectivity index is 0.000000178.